The largest absolute Gasteiger partial charge is 0.271 e. The number of nitrogens with two attached hydrogens (primary N) is 1. The standard InChI is InChI=1S/C13H13N3S2/c14-16-12(5-9-6-15-8-18-9)11-7-17-13-4-2-1-3-10(11)13/h1-4,6-8,12,16H,5,14H2. The third-order valence-electron chi connectivity index (χ3n) is 2.98. The van der Waals surface area contributed by atoms with Crippen LogP contribution in [0.4, 0.5) is 0 Å². The molecule has 3 aromatic rings. The molecule has 1 atom stereocenters. The Bertz CT molecular complexity index is 631. The van der Waals surface area contributed by atoms with Crippen LogP contribution >= 0.6 is 22.7 Å². The van der Waals surface area contributed by atoms with Crippen molar-refractivity contribution in [1.29, 1.82) is 0 Å². The van der Waals surface area contributed by atoms with Gasteiger partial charge in [-0.3, -0.25) is 16.3 Å². The van der Waals surface area contributed by atoms with Crippen molar-refractivity contribution >= 4 is 32.8 Å². The van der Waals surface area contributed by atoms with E-state index >= 15 is 0 Å². The third kappa shape index (κ3) is 2.18. The highest BCUT2D eigenvalue weighted by atomic mass is 32.1. The Kier molecular flexibility index (Phi) is 3.38. The van der Waals surface area contributed by atoms with Gasteiger partial charge in [0.15, 0.2) is 0 Å². The topological polar surface area (TPSA) is 50.9 Å². The maximum Gasteiger partial charge on any atom is 0.0794 e. The second-order valence-corrected chi connectivity index (χ2v) is 5.96. The summed E-state index contributed by atoms with van der Waals surface area (Å²) in [5.74, 6) is 5.71. The van der Waals surface area contributed by atoms with Crippen LogP contribution in [0.5, 0.6) is 0 Å². The number of hydrogen-bond donors (Lipinski definition) is 2. The van der Waals surface area contributed by atoms with Gasteiger partial charge in [-0.05, 0) is 22.4 Å². The normalized spacial score (nSPS) is 12.9. The van der Waals surface area contributed by atoms with E-state index in [1.807, 2.05) is 11.7 Å². The first-order valence-electron chi connectivity index (χ1n) is 5.68. The van der Waals surface area contributed by atoms with Gasteiger partial charge in [0.25, 0.3) is 0 Å². The average Bonchev–Trinajstić information content (AvgIpc) is 3.05. The van der Waals surface area contributed by atoms with E-state index < -0.39 is 0 Å². The Labute approximate surface area is 113 Å². The zero-order chi connectivity index (χ0) is 12.4. The first-order chi connectivity index (χ1) is 8.88. The minimum atomic E-state index is 0.140. The smallest absolute Gasteiger partial charge is 0.0794 e. The molecule has 3 nitrogen and oxygen atoms in total. The Morgan fingerprint density at radius 3 is 2.94 bits per heavy atom. The lowest BCUT2D eigenvalue weighted by Crippen LogP contribution is -2.29. The van der Waals surface area contributed by atoms with Gasteiger partial charge in [-0.25, -0.2) is 0 Å². The number of benzene rings is 1. The van der Waals surface area contributed by atoms with E-state index in [2.05, 4.69) is 40.1 Å². The van der Waals surface area contributed by atoms with Crippen LogP contribution in [0, 0.1) is 0 Å². The Morgan fingerprint density at radius 2 is 2.17 bits per heavy atom. The van der Waals surface area contributed by atoms with Crippen LogP contribution in [0.3, 0.4) is 0 Å². The van der Waals surface area contributed by atoms with Gasteiger partial charge < -0.3 is 0 Å². The summed E-state index contributed by atoms with van der Waals surface area (Å²) in [7, 11) is 0. The molecule has 92 valence electrons. The van der Waals surface area contributed by atoms with Crippen molar-refractivity contribution in [2.45, 2.75) is 12.5 Å². The van der Waals surface area contributed by atoms with Crippen LogP contribution in [0.25, 0.3) is 10.1 Å². The quantitative estimate of drug-likeness (QED) is 0.568. The fraction of sp³-hybridized carbons (Fsp3) is 0.154. The van der Waals surface area contributed by atoms with Gasteiger partial charge in [-0.1, -0.05) is 18.2 Å². The SMILES string of the molecule is NNC(Cc1cncs1)c1csc2ccccc12. The molecule has 0 saturated heterocycles. The highest BCUT2D eigenvalue weighted by Crippen LogP contribution is 2.31. The predicted octanol–water partition coefficient (Wildman–Crippen LogP) is 3.10. The van der Waals surface area contributed by atoms with Gasteiger partial charge in [-0.15, -0.1) is 22.7 Å². The molecule has 0 aliphatic heterocycles. The highest BCUT2D eigenvalue weighted by molar-refractivity contribution is 7.17. The van der Waals surface area contributed by atoms with Crippen LogP contribution < -0.4 is 11.3 Å². The van der Waals surface area contributed by atoms with E-state index in [9.17, 15) is 0 Å². The van der Waals surface area contributed by atoms with Crippen molar-refractivity contribution in [3.63, 3.8) is 0 Å². The highest BCUT2D eigenvalue weighted by Gasteiger charge is 2.15. The molecule has 1 unspecified atom stereocenters. The van der Waals surface area contributed by atoms with Crippen molar-refractivity contribution in [3.05, 3.63) is 51.8 Å². The third-order valence-corrected chi connectivity index (χ3v) is 4.76. The van der Waals surface area contributed by atoms with Crippen molar-refractivity contribution in [2.75, 3.05) is 0 Å². The van der Waals surface area contributed by atoms with Gasteiger partial charge in [0.1, 0.15) is 0 Å². The van der Waals surface area contributed by atoms with Crippen molar-refractivity contribution in [2.24, 2.45) is 5.84 Å². The van der Waals surface area contributed by atoms with E-state index in [-0.39, 0.29) is 6.04 Å². The Morgan fingerprint density at radius 1 is 1.28 bits per heavy atom. The number of rotatable bonds is 4. The van der Waals surface area contributed by atoms with Gasteiger partial charge in [-0.2, -0.15) is 0 Å². The molecule has 0 amide bonds. The van der Waals surface area contributed by atoms with Crippen LogP contribution in [-0.4, -0.2) is 4.98 Å². The second kappa shape index (κ2) is 5.16. The van der Waals surface area contributed by atoms with E-state index in [4.69, 9.17) is 5.84 Å². The minimum Gasteiger partial charge on any atom is -0.271 e. The molecule has 0 bridgehead atoms. The molecular formula is C13H13N3S2. The molecular weight excluding hydrogens is 262 g/mol. The fourth-order valence-electron chi connectivity index (χ4n) is 2.07. The fourth-order valence-corrected chi connectivity index (χ4v) is 3.73. The summed E-state index contributed by atoms with van der Waals surface area (Å²) in [5.41, 5.74) is 6.05. The number of fused-ring (bicyclic) bond motifs is 1. The summed E-state index contributed by atoms with van der Waals surface area (Å²) in [6, 6.07) is 8.57. The first-order valence-corrected chi connectivity index (χ1v) is 7.44. The van der Waals surface area contributed by atoms with E-state index in [0.29, 0.717) is 0 Å². The molecule has 5 heteroatoms. The summed E-state index contributed by atoms with van der Waals surface area (Å²) < 4.78 is 1.30. The zero-order valence-electron chi connectivity index (χ0n) is 9.67. The van der Waals surface area contributed by atoms with E-state index in [1.54, 1.807) is 22.7 Å². The summed E-state index contributed by atoms with van der Waals surface area (Å²) in [5, 5.41) is 3.48. The molecule has 3 rings (SSSR count). The second-order valence-electron chi connectivity index (χ2n) is 4.08. The lowest BCUT2D eigenvalue weighted by molar-refractivity contribution is 0.560. The summed E-state index contributed by atoms with van der Waals surface area (Å²) in [4.78, 5) is 5.35. The molecule has 0 radical (unpaired) electrons. The maximum atomic E-state index is 5.71. The number of thiophene rings is 1. The number of hydrogen-bond acceptors (Lipinski definition) is 5. The number of nitrogens with one attached hydrogen (secondary N) is 1. The van der Waals surface area contributed by atoms with Crippen LogP contribution in [-0.2, 0) is 6.42 Å². The van der Waals surface area contributed by atoms with Crippen LogP contribution in [0.15, 0.2) is 41.4 Å². The molecule has 2 aromatic heterocycles. The van der Waals surface area contributed by atoms with Gasteiger partial charge in [0, 0.05) is 22.2 Å². The van der Waals surface area contributed by atoms with Crippen LogP contribution in [0.2, 0.25) is 0 Å². The molecule has 0 aliphatic carbocycles. The maximum absolute atomic E-state index is 5.71. The zero-order valence-corrected chi connectivity index (χ0v) is 11.3. The van der Waals surface area contributed by atoms with Crippen molar-refractivity contribution < 1.29 is 0 Å². The molecule has 1 aromatic carbocycles. The Balaban J connectivity index is 1.96. The lowest BCUT2D eigenvalue weighted by Gasteiger charge is -2.14. The van der Waals surface area contributed by atoms with Gasteiger partial charge >= 0.3 is 0 Å². The van der Waals surface area contributed by atoms with Crippen molar-refractivity contribution in [1.82, 2.24) is 10.4 Å². The van der Waals surface area contributed by atoms with Crippen LogP contribution in [0.1, 0.15) is 16.5 Å². The van der Waals surface area contributed by atoms with E-state index in [1.165, 1.54) is 20.5 Å². The molecule has 0 saturated carbocycles. The molecule has 3 N–H and O–H groups in total. The monoisotopic (exact) mass is 275 g/mol. The molecule has 0 fully saturated rings. The number of aromatic nitrogens is 1. The number of nitrogens with zero attached hydrogens (tertiary/aromatic N) is 1. The number of thiazole rings is 1. The lowest BCUT2D eigenvalue weighted by atomic mass is 10.0. The first kappa shape index (κ1) is 11.8. The number of hydrazine groups is 1. The molecule has 18 heavy (non-hydrogen) atoms. The van der Waals surface area contributed by atoms with E-state index in [0.717, 1.165) is 6.42 Å². The van der Waals surface area contributed by atoms with Gasteiger partial charge in [0.2, 0.25) is 0 Å². The predicted molar refractivity (Wildman–Crippen MR) is 77.7 cm³/mol. The average molecular weight is 275 g/mol. The summed E-state index contributed by atoms with van der Waals surface area (Å²) in [6.45, 7) is 0. The molecule has 0 aliphatic rings. The van der Waals surface area contributed by atoms with Crippen molar-refractivity contribution in [3.8, 4) is 0 Å². The minimum absolute atomic E-state index is 0.140. The Hall–Kier alpha value is -1.27. The summed E-state index contributed by atoms with van der Waals surface area (Å²) in [6.07, 6.45) is 2.78. The van der Waals surface area contributed by atoms with Gasteiger partial charge in [0.05, 0.1) is 11.6 Å². The molecule has 0 spiro atoms. The molecule has 2 heterocycles. The summed E-state index contributed by atoms with van der Waals surface area (Å²) >= 11 is 3.43.